The van der Waals surface area contributed by atoms with E-state index in [0.29, 0.717) is 16.9 Å². The second-order valence-electron chi connectivity index (χ2n) is 5.89. The summed E-state index contributed by atoms with van der Waals surface area (Å²) in [6.07, 6.45) is 10.1. The molecule has 0 bridgehead atoms. The monoisotopic (exact) mass is 324 g/mol. The number of rotatable bonds is 4. The molecule has 0 saturated carbocycles. The maximum absolute atomic E-state index is 12.4. The third-order valence-corrected chi connectivity index (χ3v) is 4.06. The summed E-state index contributed by atoms with van der Waals surface area (Å²) in [7, 11) is 0. The zero-order valence-electron chi connectivity index (χ0n) is 13.5. The maximum Gasteiger partial charge on any atom is 0.273 e. The minimum atomic E-state index is -0.289. The number of hydrogen-bond acceptors (Lipinski definition) is 3. The number of H-pyrrole nitrogens is 1. The number of hydrogen-bond donors (Lipinski definition) is 3. The minimum Gasteiger partial charge on any atom is -0.346 e. The predicted octanol–water partition coefficient (Wildman–Crippen LogP) is 2.81. The fourth-order valence-corrected chi connectivity index (χ4v) is 2.65. The van der Waals surface area contributed by atoms with Crippen LogP contribution in [-0.2, 0) is 0 Å². The SMILES string of the molecule is Cc1ccc(C(=O)NC2C=CCCC2)cc1NC(=O)c1cnc[nH]1. The molecule has 2 amide bonds. The molecule has 0 spiro atoms. The van der Waals surface area contributed by atoms with Crippen molar-refractivity contribution in [3.63, 3.8) is 0 Å². The first kappa shape index (κ1) is 16.0. The van der Waals surface area contributed by atoms with Crippen molar-refractivity contribution < 1.29 is 9.59 Å². The van der Waals surface area contributed by atoms with Crippen LogP contribution in [0.2, 0.25) is 0 Å². The van der Waals surface area contributed by atoms with Gasteiger partial charge in [-0.15, -0.1) is 0 Å². The quantitative estimate of drug-likeness (QED) is 0.756. The van der Waals surface area contributed by atoms with Gasteiger partial charge in [-0.05, 0) is 43.9 Å². The number of aromatic amines is 1. The first-order chi connectivity index (χ1) is 11.6. The van der Waals surface area contributed by atoms with Crippen molar-refractivity contribution in [2.75, 3.05) is 5.32 Å². The zero-order valence-corrected chi connectivity index (χ0v) is 13.5. The van der Waals surface area contributed by atoms with Gasteiger partial charge in [0.05, 0.1) is 12.5 Å². The molecule has 1 aromatic carbocycles. The minimum absolute atomic E-state index is 0.0792. The average molecular weight is 324 g/mol. The van der Waals surface area contributed by atoms with E-state index in [2.05, 4.69) is 26.7 Å². The van der Waals surface area contributed by atoms with Gasteiger partial charge in [0.2, 0.25) is 0 Å². The Labute approximate surface area is 140 Å². The van der Waals surface area contributed by atoms with Crippen molar-refractivity contribution in [2.45, 2.75) is 32.2 Å². The van der Waals surface area contributed by atoms with E-state index in [-0.39, 0.29) is 17.9 Å². The Kier molecular flexibility index (Phi) is 4.74. The highest BCUT2D eigenvalue weighted by molar-refractivity contribution is 6.04. The van der Waals surface area contributed by atoms with E-state index in [1.54, 1.807) is 12.1 Å². The number of carbonyl (C=O) groups excluding carboxylic acids is 2. The highest BCUT2D eigenvalue weighted by Crippen LogP contribution is 2.18. The van der Waals surface area contributed by atoms with Gasteiger partial charge in [-0.3, -0.25) is 9.59 Å². The summed E-state index contributed by atoms with van der Waals surface area (Å²) in [5.41, 5.74) is 2.40. The molecule has 1 atom stereocenters. The summed E-state index contributed by atoms with van der Waals surface area (Å²) in [5, 5.41) is 5.82. The standard InChI is InChI=1S/C18H20N4O2/c1-12-7-8-13(17(23)21-14-5-3-2-4-6-14)9-15(12)22-18(24)16-10-19-11-20-16/h3,5,7-11,14H,2,4,6H2,1H3,(H,19,20)(H,21,23)(H,22,24). The van der Waals surface area contributed by atoms with Crippen LogP contribution in [0.15, 0.2) is 42.9 Å². The number of anilines is 1. The number of nitrogens with one attached hydrogen (secondary N) is 3. The summed E-state index contributed by atoms with van der Waals surface area (Å²) in [5.74, 6) is -0.424. The Bertz CT molecular complexity index is 765. The Morgan fingerprint density at radius 2 is 2.17 bits per heavy atom. The van der Waals surface area contributed by atoms with E-state index in [1.165, 1.54) is 12.5 Å². The van der Waals surface area contributed by atoms with Gasteiger partial charge in [0.1, 0.15) is 5.69 Å². The summed E-state index contributed by atoms with van der Waals surface area (Å²) in [4.78, 5) is 31.1. The number of carbonyl (C=O) groups is 2. The van der Waals surface area contributed by atoms with Crippen LogP contribution in [-0.4, -0.2) is 27.8 Å². The van der Waals surface area contributed by atoms with E-state index in [0.717, 1.165) is 24.8 Å². The Morgan fingerprint density at radius 3 is 2.88 bits per heavy atom. The van der Waals surface area contributed by atoms with Crippen LogP contribution in [0.5, 0.6) is 0 Å². The maximum atomic E-state index is 12.4. The molecule has 0 radical (unpaired) electrons. The van der Waals surface area contributed by atoms with Crippen LogP contribution in [0.3, 0.4) is 0 Å². The predicted molar refractivity (Wildman–Crippen MR) is 92.0 cm³/mol. The van der Waals surface area contributed by atoms with Crippen molar-refractivity contribution in [3.8, 4) is 0 Å². The first-order valence-electron chi connectivity index (χ1n) is 8.01. The van der Waals surface area contributed by atoms with E-state index in [1.807, 2.05) is 19.1 Å². The summed E-state index contributed by atoms with van der Waals surface area (Å²) in [6, 6.07) is 5.37. The normalized spacial score (nSPS) is 16.6. The lowest BCUT2D eigenvalue weighted by molar-refractivity contribution is 0.0940. The molecule has 124 valence electrons. The number of imidazole rings is 1. The molecule has 1 heterocycles. The van der Waals surface area contributed by atoms with Gasteiger partial charge in [0.25, 0.3) is 11.8 Å². The van der Waals surface area contributed by atoms with Gasteiger partial charge < -0.3 is 15.6 Å². The molecule has 1 aliphatic carbocycles. The van der Waals surface area contributed by atoms with Crippen molar-refractivity contribution in [1.29, 1.82) is 0 Å². The smallest absolute Gasteiger partial charge is 0.273 e. The molecule has 0 aliphatic heterocycles. The lowest BCUT2D eigenvalue weighted by atomic mass is 10.0. The lowest BCUT2D eigenvalue weighted by Crippen LogP contribution is -2.34. The van der Waals surface area contributed by atoms with Crippen LogP contribution >= 0.6 is 0 Å². The number of benzene rings is 1. The molecule has 3 N–H and O–H groups in total. The fourth-order valence-electron chi connectivity index (χ4n) is 2.65. The van der Waals surface area contributed by atoms with Crippen LogP contribution in [0.1, 0.15) is 45.7 Å². The van der Waals surface area contributed by atoms with E-state index in [9.17, 15) is 9.59 Å². The Morgan fingerprint density at radius 1 is 1.29 bits per heavy atom. The number of nitrogens with zero attached hydrogens (tertiary/aromatic N) is 1. The first-order valence-corrected chi connectivity index (χ1v) is 8.01. The summed E-state index contributed by atoms with van der Waals surface area (Å²) >= 11 is 0. The fraction of sp³-hybridized carbons (Fsp3) is 0.278. The van der Waals surface area contributed by atoms with Crippen LogP contribution in [0.4, 0.5) is 5.69 Å². The zero-order chi connectivity index (χ0) is 16.9. The molecule has 1 unspecified atom stereocenters. The number of amides is 2. The van der Waals surface area contributed by atoms with Gasteiger partial charge in [-0.1, -0.05) is 18.2 Å². The van der Waals surface area contributed by atoms with Crippen LogP contribution < -0.4 is 10.6 Å². The van der Waals surface area contributed by atoms with E-state index < -0.39 is 0 Å². The van der Waals surface area contributed by atoms with Gasteiger partial charge in [0, 0.05) is 17.3 Å². The molecule has 1 aromatic heterocycles. The van der Waals surface area contributed by atoms with Gasteiger partial charge in [-0.25, -0.2) is 4.98 Å². The van der Waals surface area contributed by atoms with Gasteiger partial charge in [0.15, 0.2) is 0 Å². The highest BCUT2D eigenvalue weighted by atomic mass is 16.2. The van der Waals surface area contributed by atoms with Crippen molar-refractivity contribution in [3.05, 3.63) is 59.7 Å². The molecular formula is C18H20N4O2. The second-order valence-corrected chi connectivity index (χ2v) is 5.89. The van der Waals surface area contributed by atoms with Crippen molar-refractivity contribution >= 4 is 17.5 Å². The molecule has 1 aliphatic rings. The number of aryl methyl sites for hydroxylation is 1. The molecule has 0 saturated heterocycles. The largest absolute Gasteiger partial charge is 0.346 e. The van der Waals surface area contributed by atoms with Crippen molar-refractivity contribution in [2.24, 2.45) is 0 Å². The molecule has 6 nitrogen and oxygen atoms in total. The Hall–Kier alpha value is -2.89. The second kappa shape index (κ2) is 7.12. The molecule has 24 heavy (non-hydrogen) atoms. The Balaban J connectivity index is 1.73. The average Bonchev–Trinajstić information content (AvgIpc) is 3.12. The third kappa shape index (κ3) is 3.71. The number of aromatic nitrogens is 2. The summed E-state index contributed by atoms with van der Waals surface area (Å²) < 4.78 is 0. The highest BCUT2D eigenvalue weighted by Gasteiger charge is 2.15. The van der Waals surface area contributed by atoms with Gasteiger partial charge >= 0.3 is 0 Å². The van der Waals surface area contributed by atoms with Crippen molar-refractivity contribution in [1.82, 2.24) is 15.3 Å². The van der Waals surface area contributed by atoms with Crippen LogP contribution in [0, 0.1) is 6.92 Å². The number of allylic oxidation sites excluding steroid dienone is 1. The topological polar surface area (TPSA) is 86.9 Å². The molecule has 0 fully saturated rings. The lowest BCUT2D eigenvalue weighted by Gasteiger charge is -2.18. The van der Waals surface area contributed by atoms with E-state index in [4.69, 9.17) is 0 Å². The van der Waals surface area contributed by atoms with Gasteiger partial charge in [-0.2, -0.15) is 0 Å². The van der Waals surface area contributed by atoms with Crippen LogP contribution in [0.25, 0.3) is 0 Å². The van der Waals surface area contributed by atoms with E-state index >= 15 is 0 Å². The summed E-state index contributed by atoms with van der Waals surface area (Å²) in [6.45, 7) is 1.88. The molecule has 3 rings (SSSR count). The third-order valence-electron chi connectivity index (χ3n) is 4.06. The molecule has 2 aromatic rings. The molecular weight excluding hydrogens is 304 g/mol. The molecule has 6 heteroatoms.